The summed E-state index contributed by atoms with van der Waals surface area (Å²) in [7, 11) is 0. The first-order chi connectivity index (χ1) is 13.9. The highest BCUT2D eigenvalue weighted by atomic mass is 15.0. The number of hydrogen-bond acceptors (Lipinski definition) is 0. The van der Waals surface area contributed by atoms with Crippen LogP contribution < -0.4 is 0 Å². The van der Waals surface area contributed by atoms with Gasteiger partial charge in [-0.2, -0.15) is 0 Å². The Labute approximate surface area is 166 Å². The summed E-state index contributed by atoms with van der Waals surface area (Å²) in [5, 5.41) is 5.14. The summed E-state index contributed by atoms with van der Waals surface area (Å²) >= 11 is 0. The Kier molecular flexibility index (Phi) is 4.50. The number of rotatable bonds is 3. The summed E-state index contributed by atoms with van der Waals surface area (Å²) in [6.07, 6.45) is 7.18. The molecule has 0 aromatic heterocycles. The lowest BCUT2D eigenvalue weighted by Gasteiger charge is -2.10. The van der Waals surface area contributed by atoms with Crippen LogP contribution in [0.5, 0.6) is 0 Å². The SMILES string of the molecule is C(C=[N+]1CCCC1)=C(c1ccc2ccccc2c1)c1ccc2ccccc2c1. The minimum absolute atomic E-state index is 1.17. The molecule has 0 amide bonds. The van der Waals surface area contributed by atoms with Crippen LogP contribution in [-0.2, 0) is 0 Å². The van der Waals surface area contributed by atoms with Gasteiger partial charge in [-0.15, -0.1) is 0 Å². The normalized spacial score (nSPS) is 13.8. The van der Waals surface area contributed by atoms with Gasteiger partial charge in [-0.05, 0) is 50.4 Å². The van der Waals surface area contributed by atoms with E-state index in [1.165, 1.54) is 64.2 Å². The molecule has 0 unspecified atom stereocenters. The molecule has 1 heteroatoms. The Balaban J connectivity index is 1.66. The number of allylic oxidation sites excluding steroid dienone is 1. The smallest absolute Gasteiger partial charge is 0.163 e. The fourth-order valence-corrected chi connectivity index (χ4v) is 4.14. The van der Waals surface area contributed by atoms with E-state index in [4.69, 9.17) is 0 Å². The molecule has 1 heterocycles. The van der Waals surface area contributed by atoms with Crippen LogP contribution in [0.25, 0.3) is 27.1 Å². The first-order valence-electron chi connectivity index (χ1n) is 10.1. The van der Waals surface area contributed by atoms with Crippen molar-refractivity contribution in [2.75, 3.05) is 13.1 Å². The van der Waals surface area contributed by atoms with E-state index in [0.717, 1.165) is 0 Å². The van der Waals surface area contributed by atoms with Crippen molar-refractivity contribution in [1.82, 2.24) is 0 Å². The van der Waals surface area contributed by atoms with Crippen LogP contribution in [0.15, 0.2) is 91.0 Å². The Bertz CT molecular complexity index is 1120. The third-order valence-electron chi connectivity index (χ3n) is 5.71. The molecule has 0 bridgehead atoms. The fourth-order valence-electron chi connectivity index (χ4n) is 4.14. The van der Waals surface area contributed by atoms with Gasteiger partial charge in [0.15, 0.2) is 6.21 Å². The predicted molar refractivity (Wildman–Crippen MR) is 120 cm³/mol. The van der Waals surface area contributed by atoms with Crippen LogP contribution in [0.4, 0.5) is 0 Å². The van der Waals surface area contributed by atoms with Gasteiger partial charge in [0.2, 0.25) is 0 Å². The topological polar surface area (TPSA) is 3.01 Å². The van der Waals surface area contributed by atoms with Crippen molar-refractivity contribution < 1.29 is 4.58 Å². The van der Waals surface area contributed by atoms with Crippen LogP contribution in [0.1, 0.15) is 24.0 Å². The van der Waals surface area contributed by atoms with E-state index in [1.54, 1.807) is 0 Å². The summed E-state index contributed by atoms with van der Waals surface area (Å²) in [5.41, 5.74) is 3.82. The number of nitrogens with zero attached hydrogens (tertiary/aromatic N) is 1. The molecule has 28 heavy (non-hydrogen) atoms. The van der Waals surface area contributed by atoms with Crippen LogP contribution in [0.3, 0.4) is 0 Å². The van der Waals surface area contributed by atoms with Crippen molar-refractivity contribution >= 4 is 33.3 Å². The van der Waals surface area contributed by atoms with Crippen LogP contribution in [0.2, 0.25) is 0 Å². The number of hydrogen-bond donors (Lipinski definition) is 0. The van der Waals surface area contributed by atoms with Gasteiger partial charge >= 0.3 is 0 Å². The van der Waals surface area contributed by atoms with E-state index in [0.29, 0.717) is 0 Å². The molecule has 0 saturated carbocycles. The van der Waals surface area contributed by atoms with Gasteiger partial charge in [-0.3, -0.25) is 0 Å². The maximum Gasteiger partial charge on any atom is 0.163 e. The van der Waals surface area contributed by atoms with Crippen molar-refractivity contribution in [2.45, 2.75) is 12.8 Å². The third kappa shape index (κ3) is 3.36. The van der Waals surface area contributed by atoms with Crippen LogP contribution >= 0.6 is 0 Å². The first kappa shape index (κ1) is 16.9. The van der Waals surface area contributed by atoms with Gasteiger partial charge in [0.25, 0.3) is 0 Å². The Morgan fingerprint density at radius 1 is 0.607 bits per heavy atom. The second-order valence-corrected chi connectivity index (χ2v) is 7.60. The van der Waals surface area contributed by atoms with Crippen molar-refractivity contribution in [3.05, 3.63) is 102 Å². The van der Waals surface area contributed by atoms with Gasteiger partial charge < -0.3 is 0 Å². The lowest BCUT2D eigenvalue weighted by Crippen LogP contribution is -2.06. The molecule has 1 aliphatic rings. The van der Waals surface area contributed by atoms with Gasteiger partial charge in [0, 0.05) is 18.9 Å². The molecule has 0 aliphatic carbocycles. The van der Waals surface area contributed by atoms with E-state index in [2.05, 4.69) is 102 Å². The molecule has 1 aliphatic heterocycles. The zero-order valence-corrected chi connectivity index (χ0v) is 16.0. The van der Waals surface area contributed by atoms with Gasteiger partial charge in [0.05, 0.1) is 0 Å². The van der Waals surface area contributed by atoms with E-state index in [-0.39, 0.29) is 0 Å². The zero-order chi connectivity index (χ0) is 18.8. The molecule has 0 spiro atoms. The summed E-state index contributed by atoms with van der Waals surface area (Å²) in [4.78, 5) is 0. The minimum Gasteiger partial charge on any atom is -0.236 e. The summed E-state index contributed by atoms with van der Waals surface area (Å²) in [6, 6.07) is 30.8. The number of benzene rings is 4. The molecular weight excluding hydrogens is 338 g/mol. The maximum absolute atomic E-state index is 2.43. The first-order valence-corrected chi connectivity index (χ1v) is 10.1. The predicted octanol–water partition coefficient (Wildman–Crippen LogP) is 6.30. The van der Waals surface area contributed by atoms with Crippen LogP contribution in [-0.4, -0.2) is 23.9 Å². The molecule has 1 nitrogen and oxygen atoms in total. The largest absolute Gasteiger partial charge is 0.236 e. The van der Waals surface area contributed by atoms with Gasteiger partial charge in [-0.25, -0.2) is 4.58 Å². The minimum atomic E-state index is 1.17. The summed E-state index contributed by atoms with van der Waals surface area (Å²) < 4.78 is 2.43. The Hall–Kier alpha value is -3.19. The summed E-state index contributed by atoms with van der Waals surface area (Å²) in [5.74, 6) is 0. The molecule has 136 valence electrons. The molecule has 4 aromatic rings. The quantitative estimate of drug-likeness (QED) is 0.376. The van der Waals surface area contributed by atoms with E-state index in [1.807, 2.05) is 0 Å². The lowest BCUT2D eigenvalue weighted by atomic mass is 9.94. The van der Waals surface area contributed by atoms with Crippen molar-refractivity contribution in [2.24, 2.45) is 0 Å². The average Bonchev–Trinajstić information content (AvgIpc) is 3.27. The molecule has 0 atom stereocenters. The average molecular weight is 362 g/mol. The second-order valence-electron chi connectivity index (χ2n) is 7.60. The highest BCUT2D eigenvalue weighted by molar-refractivity contribution is 5.96. The Morgan fingerprint density at radius 3 is 1.64 bits per heavy atom. The molecule has 1 fully saturated rings. The van der Waals surface area contributed by atoms with Crippen molar-refractivity contribution in [1.29, 1.82) is 0 Å². The third-order valence-corrected chi connectivity index (χ3v) is 5.71. The zero-order valence-electron chi connectivity index (χ0n) is 16.0. The molecule has 0 N–H and O–H groups in total. The van der Waals surface area contributed by atoms with Gasteiger partial charge in [0.1, 0.15) is 13.1 Å². The van der Waals surface area contributed by atoms with E-state index >= 15 is 0 Å². The second kappa shape index (κ2) is 7.44. The lowest BCUT2D eigenvalue weighted by molar-refractivity contribution is -0.500. The highest BCUT2D eigenvalue weighted by Gasteiger charge is 2.12. The highest BCUT2D eigenvalue weighted by Crippen LogP contribution is 2.29. The summed E-state index contributed by atoms with van der Waals surface area (Å²) in [6.45, 7) is 2.33. The number of fused-ring (bicyclic) bond motifs is 2. The standard InChI is InChI=1S/C27H24N/c1-3-9-23-19-25(13-11-21(23)7-1)27(15-18-28-16-5-6-17-28)26-14-12-22-8-2-4-10-24(22)20-26/h1-4,7-15,18-20H,5-6,16-17H2/q+1. The molecule has 0 radical (unpaired) electrons. The maximum atomic E-state index is 2.43. The molecule has 4 aromatic carbocycles. The Morgan fingerprint density at radius 2 is 1.11 bits per heavy atom. The molecule has 1 saturated heterocycles. The van der Waals surface area contributed by atoms with Gasteiger partial charge in [-0.1, -0.05) is 72.8 Å². The molecular formula is C27H24N+. The van der Waals surface area contributed by atoms with Crippen molar-refractivity contribution in [3.8, 4) is 0 Å². The van der Waals surface area contributed by atoms with E-state index < -0.39 is 0 Å². The fraction of sp³-hybridized carbons (Fsp3) is 0.148. The van der Waals surface area contributed by atoms with Crippen molar-refractivity contribution in [3.63, 3.8) is 0 Å². The van der Waals surface area contributed by atoms with E-state index in [9.17, 15) is 0 Å². The molecule has 5 rings (SSSR count). The van der Waals surface area contributed by atoms with Crippen LogP contribution in [0, 0.1) is 0 Å². The monoisotopic (exact) mass is 362 g/mol.